The smallest absolute Gasteiger partial charge is 0.156 e. The average molecular weight is 233 g/mol. The number of benzene rings is 1. The van der Waals surface area contributed by atoms with Gasteiger partial charge in [0.05, 0.1) is 5.54 Å². The van der Waals surface area contributed by atoms with Crippen LogP contribution in [0.25, 0.3) is 0 Å². The summed E-state index contributed by atoms with van der Waals surface area (Å²) >= 11 is 0. The first-order valence-corrected chi connectivity index (χ1v) is 6.11. The Labute approximate surface area is 104 Å². The van der Waals surface area contributed by atoms with Crippen molar-refractivity contribution in [2.24, 2.45) is 11.1 Å². The van der Waals surface area contributed by atoms with Crippen molar-refractivity contribution in [1.82, 2.24) is 0 Å². The molecule has 1 aromatic carbocycles. The van der Waals surface area contributed by atoms with E-state index in [0.717, 1.165) is 12.0 Å². The second-order valence-electron chi connectivity index (χ2n) is 6.05. The minimum Gasteiger partial charge on any atom is -0.315 e. The molecule has 2 heteroatoms. The molecule has 0 aliphatic carbocycles. The number of carbonyl (C=O) groups is 1. The summed E-state index contributed by atoms with van der Waals surface area (Å²) in [5, 5.41) is 0. The maximum absolute atomic E-state index is 12.2. The fraction of sp³-hybridized carbons (Fsp3) is 0.533. The average Bonchev–Trinajstić information content (AvgIpc) is 2.26. The fourth-order valence-corrected chi connectivity index (χ4v) is 1.69. The van der Waals surface area contributed by atoms with Gasteiger partial charge in [-0.2, -0.15) is 0 Å². The predicted octanol–water partition coefficient (Wildman–Crippen LogP) is 3.26. The summed E-state index contributed by atoms with van der Waals surface area (Å²) in [7, 11) is 0. The van der Waals surface area contributed by atoms with E-state index in [4.69, 9.17) is 5.73 Å². The van der Waals surface area contributed by atoms with Crippen LogP contribution in [0.1, 0.15) is 46.1 Å². The molecule has 0 spiro atoms. The Hall–Kier alpha value is -1.15. The van der Waals surface area contributed by atoms with E-state index in [-0.39, 0.29) is 11.2 Å². The molecule has 0 heterocycles. The number of hydrogen-bond donors (Lipinski definition) is 1. The molecule has 0 amide bonds. The Morgan fingerprint density at radius 3 is 2.12 bits per heavy atom. The highest BCUT2D eigenvalue weighted by molar-refractivity contribution is 5.88. The zero-order chi connectivity index (χ0) is 13.1. The molecule has 2 nitrogen and oxygen atoms in total. The van der Waals surface area contributed by atoms with Crippen LogP contribution >= 0.6 is 0 Å². The molecular formula is C15H23NO. The summed E-state index contributed by atoms with van der Waals surface area (Å²) in [6, 6.07) is 9.58. The van der Waals surface area contributed by atoms with Crippen LogP contribution in [0, 0.1) is 5.41 Å². The first-order valence-electron chi connectivity index (χ1n) is 6.11. The van der Waals surface area contributed by atoms with Gasteiger partial charge in [-0.25, -0.2) is 0 Å². The van der Waals surface area contributed by atoms with Gasteiger partial charge >= 0.3 is 0 Å². The van der Waals surface area contributed by atoms with Gasteiger partial charge in [0.15, 0.2) is 5.78 Å². The molecule has 0 saturated carbocycles. The molecule has 1 rings (SSSR count). The predicted molar refractivity (Wildman–Crippen MR) is 71.7 cm³/mol. The van der Waals surface area contributed by atoms with Gasteiger partial charge in [0.1, 0.15) is 0 Å². The molecule has 0 aromatic heterocycles. The Kier molecular flexibility index (Phi) is 4.10. The Bertz CT molecular complexity index is 374. The molecule has 0 bridgehead atoms. The van der Waals surface area contributed by atoms with Gasteiger partial charge in [0.2, 0.25) is 0 Å². The van der Waals surface area contributed by atoms with Crippen LogP contribution in [0.2, 0.25) is 0 Å². The van der Waals surface area contributed by atoms with Gasteiger partial charge in [0, 0.05) is 6.42 Å². The first kappa shape index (κ1) is 13.9. The minimum atomic E-state index is -0.869. The lowest BCUT2D eigenvalue weighted by Gasteiger charge is -2.26. The van der Waals surface area contributed by atoms with E-state index < -0.39 is 5.54 Å². The van der Waals surface area contributed by atoms with Crippen molar-refractivity contribution in [3.8, 4) is 0 Å². The van der Waals surface area contributed by atoms with Crippen molar-refractivity contribution in [2.45, 2.75) is 46.1 Å². The van der Waals surface area contributed by atoms with Crippen molar-refractivity contribution in [1.29, 1.82) is 0 Å². The summed E-state index contributed by atoms with van der Waals surface area (Å²) in [5.74, 6) is 0.110. The van der Waals surface area contributed by atoms with Crippen LogP contribution in [0.15, 0.2) is 30.3 Å². The quantitative estimate of drug-likeness (QED) is 0.867. The van der Waals surface area contributed by atoms with Gasteiger partial charge < -0.3 is 5.73 Å². The molecule has 2 N–H and O–H groups in total. The summed E-state index contributed by atoms with van der Waals surface area (Å²) in [6.45, 7) is 8.21. The van der Waals surface area contributed by atoms with E-state index in [1.165, 1.54) is 0 Å². The van der Waals surface area contributed by atoms with Gasteiger partial charge in [-0.15, -0.1) is 0 Å². The highest BCUT2D eigenvalue weighted by atomic mass is 16.1. The Balaban J connectivity index is 2.74. The molecule has 0 saturated heterocycles. The van der Waals surface area contributed by atoms with E-state index in [9.17, 15) is 4.79 Å². The number of hydrogen-bond acceptors (Lipinski definition) is 2. The van der Waals surface area contributed by atoms with Crippen LogP contribution in [0.3, 0.4) is 0 Å². The normalized spacial score (nSPS) is 15.4. The number of carbonyl (C=O) groups excluding carboxylic acids is 1. The molecular weight excluding hydrogens is 210 g/mol. The third-order valence-corrected chi connectivity index (χ3v) is 3.05. The van der Waals surface area contributed by atoms with Crippen LogP contribution in [0.4, 0.5) is 0 Å². The molecule has 94 valence electrons. The van der Waals surface area contributed by atoms with Gasteiger partial charge in [0.25, 0.3) is 0 Å². The Morgan fingerprint density at radius 2 is 1.65 bits per heavy atom. The van der Waals surface area contributed by atoms with Crippen molar-refractivity contribution in [3.05, 3.63) is 35.9 Å². The highest BCUT2D eigenvalue weighted by Gasteiger charge is 2.30. The van der Waals surface area contributed by atoms with Crippen LogP contribution in [0.5, 0.6) is 0 Å². The molecule has 1 unspecified atom stereocenters. The van der Waals surface area contributed by atoms with Crippen molar-refractivity contribution < 1.29 is 4.79 Å². The maximum atomic E-state index is 12.2. The number of nitrogens with two attached hydrogens (primary N) is 1. The minimum absolute atomic E-state index is 0.110. The van der Waals surface area contributed by atoms with E-state index in [2.05, 4.69) is 20.8 Å². The second-order valence-corrected chi connectivity index (χ2v) is 6.05. The SMILES string of the molecule is CC(C)(C)CCC(=O)C(C)(N)c1ccccc1. The molecule has 0 aliphatic heterocycles. The van der Waals surface area contributed by atoms with Gasteiger partial charge in [-0.05, 0) is 24.3 Å². The molecule has 1 atom stereocenters. The summed E-state index contributed by atoms with van der Waals surface area (Å²) in [4.78, 5) is 12.2. The van der Waals surface area contributed by atoms with Crippen LogP contribution in [-0.2, 0) is 10.3 Å². The maximum Gasteiger partial charge on any atom is 0.156 e. The first-order chi connectivity index (χ1) is 7.73. The van der Waals surface area contributed by atoms with Gasteiger partial charge in [-0.3, -0.25) is 4.79 Å². The largest absolute Gasteiger partial charge is 0.315 e. The van der Waals surface area contributed by atoms with Crippen LogP contribution in [-0.4, -0.2) is 5.78 Å². The zero-order valence-corrected chi connectivity index (χ0v) is 11.3. The number of Topliss-reactive ketones (excluding diaryl/α,β-unsaturated/α-hetero) is 1. The highest BCUT2D eigenvalue weighted by Crippen LogP contribution is 2.26. The standard InChI is InChI=1S/C15H23NO/c1-14(2,3)11-10-13(17)15(4,16)12-8-6-5-7-9-12/h5-9H,10-11,16H2,1-4H3. The second kappa shape index (κ2) is 5.01. The van der Waals surface area contributed by atoms with E-state index in [1.54, 1.807) is 6.92 Å². The topological polar surface area (TPSA) is 43.1 Å². The molecule has 17 heavy (non-hydrogen) atoms. The third-order valence-electron chi connectivity index (χ3n) is 3.05. The molecule has 0 radical (unpaired) electrons. The summed E-state index contributed by atoms with van der Waals surface area (Å²) in [5.41, 5.74) is 6.35. The van der Waals surface area contributed by atoms with Crippen molar-refractivity contribution >= 4 is 5.78 Å². The van der Waals surface area contributed by atoms with Crippen molar-refractivity contribution in [3.63, 3.8) is 0 Å². The summed E-state index contributed by atoms with van der Waals surface area (Å²) < 4.78 is 0. The zero-order valence-electron chi connectivity index (χ0n) is 11.3. The van der Waals surface area contributed by atoms with E-state index in [0.29, 0.717) is 6.42 Å². The molecule has 0 aliphatic rings. The van der Waals surface area contributed by atoms with E-state index >= 15 is 0 Å². The molecule has 1 aromatic rings. The lowest BCUT2D eigenvalue weighted by atomic mass is 9.82. The van der Waals surface area contributed by atoms with Gasteiger partial charge in [-0.1, -0.05) is 51.1 Å². The Morgan fingerprint density at radius 1 is 1.12 bits per heavy atom. The number of ketones is 1. The van der Waals surface area contributed by atoms with Crippen molar-refractivity contribution in [2.75, 3.05) is 0 Å². The lowest BCUT2D eigenvalue weighted by Crippen LogP contribution is -2.42. The molecule has 0 fully saturated rings. The fourth-order valence-electron chi connectivity index (χ4n) is 1.69. The summed E-state index contributed by atoms with van der Waals surface area (Å²) in [6.07, 6.45) is 1.40. The third kappa shape index (κ3) is 3.97. The van der Waals surface area contributed by atoms with E-state index in [1.807, 2.05) is 30.3 Å². The van der Waals surface area contributed by atoms with Crippen LogP contribution < -0.4 is 5.73 Å². The lowest BCUT2D eigenvalue weighted by molar-refractivity contribution is -0.124. The number of rotatable bonds is 4. The monoisotopic (exact) mass is 233 g/mol.